The normalized spacial score (nSPS) is 21.4. The SMILES string of the molecule is CNC1CCN(C(C)c2cccnc2)C1.Cl.Cl. The Hall–Kier alpha value is -0.350. The van der Waals surface area contributed by atoms with Crippen LogP contribution in [0.25, 0.3) is 0 Å². The first kappa shape index (κ1) is 16.6. The van der Waals surface area contributed by atoms with Crippen molar-refractivity contribution in [2.24, 2.45) is 0 Å². The number of nitrogens with one attached hydrogen (secondary N) is 1. The second-order valence-corrected chi connectivity index (χ2v) is 4.23. The zero-order valence-corrected chi connectivity index (χ0v) is 11.9. The summed E-state index contributed by atoms with van der Waals surface area (Å²) in [6.45, 7) is 4.59. The molecule has 1 saturated heterocycles. The van der Waals surface area contributed by atoms with Crippen LogP contribution < -0.4 is 5.32 Å². The number of hydrogen-bond donors (Lipinski definition) is 1. The van der Waals surface area contributed by atoms with Crippen molar-refractivity contribution in [2.75, 3.05) is 20.1 Å². The van der Waals surface area contributed by atoms with Gasteiger partial charge in [-0.1, -0.05) is 6.07 Å². The van der Waals surface area contributed by atoms with E-state index in [1.165, 1.54) is 18.5 Å². The maximum Gasteiger partial charge on any atom is 0.0335 e. The monoisotopic (exact) mass is 277 g/mol. The molecule has 0 aliphatic carbocycles. The second-order valence-electron chi connectivity index (χ2n) is 4.23. The van der Waals surface area contributed by atoms with Crippen molar-refractivity contribution in [3.05, 3.63) is 30.1 Å². The van der Waals surface area contributed by atoms with Crippen molar-refractivity contribution >= 4 is 24.8 Å². The van der Waals surface area contributed by atoms with Gasteiger partial charge in [-0.15, -0.1) is 24.8 Å². The molecule has 0 radical (unpaired) electrons. The highest BCUT2D eigenvalue weighted by Gasteiger charge is 2.25. The summed E-state index contributed by atoms with van der Waals surface area (Å²) in [7, 11) is 2.04. The maximum absolute atomic E-state index is 4.17. The first-order valence-electron chi connectivity index (χ1n) is 5.62. The van der Waals surface area contributed by atoms with Gasteiger partial charge in [-0.3, -0.25) is 9.88 Å². The fraction of sp³-hybridized carbons (Fsp3) is 0.583. The minimum Gasteiger partial charge on any atom is -0.316 e. The van der Waals surface area contributed by atoms with Crippen molar-refractivity contribution in [1.82, 2.24) is 15.2 Å². The van der Waals surface area contributed by atoms with Gasteiger partial charge in [-0.2, -0.15) is 0 Å². The van der Waals surface area contributed by atoms with Crippen molar-refractivity contribution in [2.45, 2.75) is 25.4 Å². The Labute approximate surface area is 116 Å². The number of halogens is 2. The van der Waals surface area contributed by atoms with Crippen molar-refractivity contribution in [3.63, 3.8) is 0 Å². The van der Waals surface area contributed by atoms with Crippen LogP contribution in [0.5, 0.6) is 0 Å². The minimum absolute atomic E-state index is 0. The third-order valence-corrected chi connectivity index (χ3v) is 3.34. The van der Waals surface area contributed by atoms with E-state index >= 15 is 0 Å². The Morgan fingerprint density at radius 2 is 2.24 bits per heavy atom. The molecule has 1 aromatic rings. The van der Waals surface area contributed by atoms with E-state index in [4.69, 9.17) is 0 Å². The lowest BCUT2D eigenvalue weighted by Gasteiger charge is -2.24. The number of likely N-dealkylation sites (tertiary alicyclic amines) is 1. The van der Waals surface area contributed by atoms with E-state index in [9.17, 15) is 0 Å². The lowest BCUT2D eigenvalue weighted by Crippen LogP contribution is -2.31. The van der Waals surface area contributed by atoms with Crippen molar-refractivity contribution in [1.29, 1.82) is 0 Å². The molecule has 3 nitrogen and oxygen atoms in total. The van der Waals surface area contributed by atoms with E-state index in [-0.39, 0.29) is 24.8 Å². The van der Waals surface area contributed by atoms with Crippen LogP contribution in [0.1, 0.15) is 24.9 Å². The standard InChI is InChI=1S/C12H19N3.2ClH/c1-10(11-4-3-6-14-8-11)15-7-5-12(9-15)13-2;;/h3-4,6,8,10,12-13H,5,7,9H2,1-2H3;2*1H. The molecule has 0 amide bonds. The average molecular weight is 278 g/mol. The molecule has 0 saturated carbocycles. The first-order valence-corrected chi connectivity index (χ1v) is 5.62. The highest BCUT2D eigenvalue weighted by Crippen LogP contribution is 2.23. The zero-order valence-electron chi connectivity index (χ0n) is 10.3. The van der Waals surface area contributed by atoms with Crippen LogP contribution in [0, 0.1) is 0 Å². The predicted octanol–water partition coefficient (Wildman–Crippen LogP) is 2.28. The molecule has 2 heterocycles. The van der Waals surface area contributed by atoms with Gasteiger partial charge in [0.2, 0.25) is 0 Å². The molecule has 2 unspecified atom stereocenters. The van der Waals surface area contributed by atoms with Crippen LogP contribution in [0.2, 0.25) is 0 Å². The lowest BCUT2D eigenvalue weighted by molar-refractivity contribution is 0.256. The van der Waals surface area contributed by atoms with Crippen LogP contribution in [0.15, 0.2) is 24.5 Å². The van der Waals surface area contributed by atoms with Crippen LogP contribution in [0.3, 0.4) is 0 Å². The summed E-state index contributed by atoms with van der Waals surface area (Å²) in [5, 5.41) is 3.34. The Bertz CT molecular complexity index is 308. The minimum atomic E-state index is 0. The first-order chi connectivity index (χ1) is 7.31. The Balaban J connectivity index is 0.00000128. The topological polar surface area (TPSA) is 28.2 Å². The lowest BCUT2D eigenvalue weighted by atomic mass is 10.1. The van der Waals surface area contributed by atoms with E-state index in [1.807, 2.05) is 25.5 Å². The van der Waals surface area contributed by atoms with Gasteiger partial charge in [0.05, 0.1) is 0 Å². The molecule has 98 valence electrons. The van der Waals surface area contributed by atoms with E-state index in [0.29, 0.717) is 12.1 Å². The molecule has 0 spiro atoms. The van der Waals surface area contributed by atoms with E-state index in [1.54, 1.807) is 0 Å². The molecule has 17 heavy (non-hydrogen) atoms. The molecule has 0 aromatic carbocycles. The molecule has 1 fully saturated rings. The van der Waals surface area contributed by atoms with Gasteiger partial charge in [0.1, 0.15) is 0 Å². The number of aromatic nitrogens is 1. The van der Waals surface area contributed by atoms with Gasteiger partial charge in [-0.25, -0.2) is 0 Å². The maximum atomic E-state index is 4.17. The largest absolute Gasteiger partial charge is 0.316 e. The molecule has 5 heteroatoms. The highest BCUT2D eigenvalue weighted by molar-refractivity contribution is 5.85. The second kappa shape index (κ2) is 7.88. The van der Waals surface area contributed by atoms with Gasteiger partial charge >= 0.3 is 0 Å². The molecule has 0 bridgehead atoms. The Morgan fingerprint density at radius 1 is 1.47 bits per heavy atom. The Kier molecular flexibility index (Phi) is 7.71. The molecule has 1 aliphatic rings. The van der Waals surface area contributed by atoms with E-state index in [2.05, 4.69) is 28.2 Å². The van der Waals surface area contributed by atoms with Crippen molar-refractivity contribution < 1.29 is 0 Å². The van der Waals surface area contributed by atoms with Gasteiger partial charge in [0.25, 0.3) is 0 Å². The quantitative estimate of drug-likeness (QED) is 0.919. The number of likely N-dealkylation sites (N-methyl/N-ethyl adjacent to an activating group) is 1. The summed E-state index contributed by atoms with van der Waals surface area (Å²) in [5.74, 6) is 0. The van der Waals surface area contributed by atoms with Gasteiger partial charge in [0.15, 0.2) is 0 Å². The van der Waals surface area contributed by atoms with Gasteiger partial charge in [-0.05, 0) is 32.0 Å². The number of rotatable bonds is 3. The zero-order chi connectivity index (χ0) is 10.7. The molecule has 1 aliphatic heterocycles. The van der Waals surface area contributed by atoms with E-state index < -0.39 is 0 Å². The van der Waals surface area contributed by atoms with Gasteiger partial charge < -0.3 is 5.32 Å². The molecule has 2 rings (SSSR count). The van der Waals surface area contributed by atoms with Crippen molar-refractivity contribution in [3.8, 4) is 0 Å². The van der Waals surface area contributed by atoms with Gasteiger partial charge in [0, 0.05) is 37.6 Å². The average Bonchev–Trinajstić information content (AvgIpc) is 2.78. The molecule has 2 atom stereocenters. The van der Waals surface area contributed by atoms with Crippen LogP contribution >= 0.6 is 24.8 Å². The number of nitrogens with zero attached hydrogens (tertiary/aromatic N) is 2. The summed E-state index contributed by atoms with van der Waals surface area (Å²) < 4.78 is 0. The fourth-order valence-electron chi connectivity index (χ4n) is 2.21. The predicted molar refractivity (Wildman–Crippen MR) is 76.2 cm³/mol. The number of hydrogen-bond acceptors (Lipinski definition) is 3. The molecular weight excluding hydrogens is 257 g/mol. The summed E-state index contributed by atoms with van der Waals surface area (Å²) in [5.41, 5.74) is 1.31. The van der Waals surface area contributed by atoms with Crippen LogP contribution in [-0.2, 0) is 0 Å². The van der Waals surface area contributed by atoms with Crippen LogP contribution in [-0.4, -0.2) is 36.1 Å². The summed E-state index contributed by atoms with van der Waals surface area (Å²) in [6, 6.07) is 5.31. The third kappa shape index (κ3) is 4.11. The third-order valence-electron chi connectivity index (χ3n) is 3.34. The smallest absolute Gasteiger partial charge is 0.0335 e. The van der Waals surface area contributed by atoms with Crippen LogP contribution in [0.4, 0.5) is 0 Å². The number of pyridine rings is 1. The molecule has 1 N–H and O–H groups in total. The molecular formula is C12H21Cl2N3. The fourth-order valence-corrected chi connectivity index (χ4v) is 2.21. The summed E-state index contributed by atoms with van der Waals surface area (Å²) in [6.07, 6.45) is 5.05. The Morgan fingerprint density at radius 3 is 2.76 bits per heavy atom. The summed E-state index contributed by atoms with van der Waals surface area (Å²) in [4.78, 5) is 6.69. The summed E-state index contributed by atoms with van der Waals surface area (Å²) >= 11 is 0. The van der Waals surface area contributed by atoms with E-state index in [0.717, 1.165) is 6.54 Å². The highest BCUT2D eigenvalue weighted by atomic mass is 35.5. The molecule has 1 aromatic heterocycles.